The van der Waals surface area contributed by atoms with Gasteiger partial charge in [0.1, 0.15) is 24.4 Å². The number of hydrogen-bond donors (Lipinski definition) is 6. The maximum absolute atomic E-state index is 13.0. The lowest BCUT2D eigenvalue weighted by molar-refractivity contribution is -0.302. The Morgan fingerprint density at radius 2 is 0.782 bits per heavy atom. The zero-order valence-corrected chi connectivity index (χ0v) is 56.7. The molecule has 1 saturated heterocycles. The molecular weight excluding hydrogens is 1090 g/mol. The maximum Gasteiger partial charge on any atom is 0.305 e. The quantitative estimate of drug-likeness (QED) is 0.0195. The van der Waals surface area contributed by atoms with Crippen LogP contribution in [0.15, 0.2) is 48.6 Å². The van der Waals surface area contributed by atoms with Gasteiger partial charge in [-0.2, -0.15) is 0 Å². The summed E-state index contributed by atoms with van der Waals surface area (Å²) in [6.07, 6.45) is 75.8. The lowest BCUT2D eigenvalue weighted by Crippen LogP contribution is -2.60. The van der Waals surface area contributed by atoms with Gasteiger partial charge in [-0.3, -0.25) is 9.59 Å². The molecule has 7 unspecified atom stereocenters. The van der Waals surface area contributed by atoms with Gasteiger partial charge in [0, 0.05) is 12.8 Å². The molecule has 0 aliphatic carbocycles. The first-order chi connectivity index (χ1) is 42.7. The van der Waals surface area contributed by atoms with E-state index in [-0.39, 0.29) is 18.5 Å². The Morgan fingerprint density at radius 3 is 1.23 bits per heavy atom. The molecule has 87 heavy (non-hydrogen) atoms. The van der Waals surface area contributed by atoms with Crippen molar-refractivity contribution in [2.45, 2.75) is 403 Å². The van der Waals surface area contributed by atoms with Crippen molar-refractivity contribution in [3.63, 3.8) is 0 Å². The molecule has 1 aliphatic rings. The van der Waals surface area contributed by atoms with E-state index in [0.717, 1.165) is 57.8 Å². The van der Waals surface area contributed by atoms with Gasteiger partial charge in [-0.1, -0.05) is 319 Å². The normalized spacial score (nSPS) is 18.1. The van der Waals surface area contributed by atoms with Crippen molar-refractivity contribution in [3.05, 3.63) is 48.6 Å². The number of aliphatic hydroxyl groups excluding tert-OH is 5. The Balaban J connectivity index is 1.89. The van der Waals surface area contributed by atoms with Crippen molar-refractivity contribution in [2.24, 2.45) is 0 Å². The first-order valence-corrected chi connectivity index (χ1v) is 37.4. The zero-order valence-electron chi connectivity index (χ0n) is 56.7. The van der Waals surface area contributed by atoms with E-state index >= 15 is 0 Å². The molecule has 7 atom stereocenters. The van der Waals surface area contributed by atoms with Crippen molar-refractivity contribution >= 4 is 11.9 Å². The van der Waals surface area contributed by atoms with E-state index in [0.29, 0.717) is 19.4 Å². The summed E-state index contributed by atoms with van der Waals surface area (Å²) in [6.45, 7) is 4.31. The highest BCUT2D eigenvalue weighted by Gasteiger charge is 2.44. The van der Waals surface area contributed by atoms with Gasteiger partial charge >= 0.3 is 5.97 Å². The number of ether oxygens (including phenoxy) is 3. The first-order valence-electron chi connectivity index (χ1n) is 37.4. The predicted octanol–water partition coefficient (Wildman–Crippen LogP) is 19.5. The fourth-order valence-electron chi connectivity index (χ4n) is 11.8. The van der Waals surface area contributed by atoms with Crippen LogP contribution in [0.1, 0.15) is 361 Å². The first kappa shape index (κ1) is 82.6. The summed E-state index contributed by atoms with van der Waals surface area (Å²) in [5.41, 5.74) is 0. The van der Waals surface area contributed by atoms with Crippen LogP contribution in [0.25, 0.3) is 0 Å². The van der Waals surface area contributed by atoms with Gasteiger partial charge in [-0.25, -0.2) is 0 Å². The molecule has 0 radical (unpaired) electrons. The van der Waals surface area contributed by atoms with Crippen molar-refractivity contribution in [1.82, 2.24) is 5.32 Å². The van der Waals surface area contributed by atoms with Gasteiger partial charge in [0.05, 0.1) is 32.0 Å². The molecule has 0 bridgehead atoms. The topological polar surface area (TPSA) is 175 Å². The Bertz CT molecular complexity index is 1580. The van der Waals surface area contributed by atoms with Gasteiger partial charge < -0.3 is 45.1 Å². The van der Waals surface area contributed by atoms with Crippen molar-refractivity contribution in [1.29, 1.82) is 0 Å². The van der Waals surface area contributed by atoms with Crippen LogP contribution in [0, 0.1) is 0 Å². The highest BCUT2D eigenvalue weighted by Crippen LogP contribution is 2.23. The number of amides is 1. The Kier molecular flexibility index (Phi) is 61.9. The van der Waals surface area contributed by atoms with Gasteiger partial charge in [0.2, 0.25) is 5.91 Å². The van der Waals surface area contributed by atoms with Crippen molar-refractivity contribution < 1.29 is 49.3 Å². The Morgan fingerprint density at radius 1 is 0.425 bits per heavy atom. The highest BCUT2D eigenvalue weighted by atomic mass is 16.7. The van der Waals surface area contributed by atoms with Crippen LogP contribution >= 0.6 is 0 Å². The van der Waals surface area contributed by atoms with Crippen LogP contribution in [0.2, 0.25) is 0 Å². The minimum atomic E-state index is -1.57. The number of allylic oxidation sites excluding steroid dienone is 7. The molecule has 510 valence electrons. The SMILES string of the molecule is CCCCC/C=C/CC/C=C/C(O)C(COC1OC(CO)C(O)C(O)C1O)NC(=O)CCCCCCCCCCCCCCCCCCC/C=C\C/C=C\CCCCCCCCCCCCCOC(=O)CCCCCCCCCCCCCCCCC. The van der Waals surface area contributed by atoms with Crippen LogP contribution < -0.4 is 5.32 Å². The van der Waals surface area contributed by atoms with Crippen molar-refractivity contribution in [2.75, 3.05) is 19.8 Å². The molecule has 0 aromatic carbocycles. The molecule has 0 spiro atoms. The van der Waals surface area contributed by atoms with Crippen LogP contribution in [-0.4, -0.2) is 100 Å². The second-order valence-corrected chi connectivity index (χ2v) is 26.0. The molecule has 1 fully saturated rings. The Hall–Kier alpha value is -2.38. The number of esters is 1. The summed E-state index contributed by atoms with van der Waals surface area (Å²) >= 11 is 0. The number of carbonyl (C=O) groups excluding carboxylic acids is 2. The number of rotatable bonds is 66. The third-order valence-electron chi connectivity index (χ3n) is 17.7. The number of aliphatic hydroxyl groups is 5. The average Bonchev–Trinajstić information content (AvgIpc) is 2.79. The second kappa shape index (κ2) is 65.1. The number of carbonyl (C=O) groups is 2. The van der Waals surface area contributed by atoms with E-state index in [2.05, 4.69) is 55.6 Å². The standard InChI is InChI=1S/C76H141NO10/c1-3-5-7-9-11-13-14-15-37-41-44-48-52-56-60-64-72(81)85-65-61-57-53-49-45-42-39-36-34-32-30-28-26-24-22-20-18-16-17-19-21-23-25-27-29-31-33-35-38-40-43-47-51-55-59-63-71(80)77-68(69(79)62-58-54-50-46-12-10-8-6-4-2)67-86-76-75(84)74(83)73(82)70(66-78)87-76/h12,18,20,24,26,46,58,62,68-70,73-76,78-79,82-84H,3-11,13-17,19,21-23,25,27-45,47-57,59-61,63-67H2,1-2H3,(H,77,80)/b20-18-,26-24-,46-12+,62-58+. The van der Waals surface area contributed by atoms with Gasteiger partial charge in [0.25, 0.3) is 0 Å². The zero-order chi connectivity index (χ0) is 63.0. The van der Waals surface area contributed by atoms with Crippen LogP contribution in [0.5, 0.6) is 0 Å². The summed E-state index contributed by atoms with van der Waals surface area (Å²) in [7, 11) is 0. The summed E-state index contributed by atoms with van der Waals surface area (Å²) in [6, 6.07) is -0.825. The van der Waals surface area contributed by atoms with Crippen LogP contribution in [0.3, 0.4) is 0 Å². The van der Waals surface area contributed by atoms with Crippen molar-refractivity contribution in [3.8, 4) is 0 Å². The molecule has 1 amide bonds. The highest BCUT2D eigenvalue weighted by molar-refractivity contribution is 5.76. The summed E-state index contributed by atoms with van der Waals surface area (Å²) in [5, 5.41) is 54.3. The van der Waals surface area contributed by atoms with Crippen LogP contribution in [-0.2, 0) is 23.8 Å². The summed E-state index contributed by atoms with van der Waals surface area (Å²) < 4.78 is 16.7. The van der Waals surface area contributed by atoms with Gasteiger partial charge in [-0.15, -0.1) is 0 Å². The molecule has 11 nitrogen and oxygen atoms in total. The largest absolute Gasteiger partial charge is 0.466 e. The molecule has 1 rings (SSSR count). The number of nitrogens with one attached hydrogen (secondary N) is 1. The minimum Gasteiger partial charge on any atom is -0.466 e. The van der Waals surface area contributed by atoms with E-state index < -0.39 is 49.5 Å². The predicted molar refractivity (Wildman–Crippen MR) is 366 cm³/mol. The molecular formula is C76H141NO10. The van der Waals surface area contributed by atoms with Gasteiger partial charge in [0.15, 0.2) is 6.29 Å². The lowest BCUT2D eigenvalue weighted by atomic mass is 9.99. The molecule has 11 heteroatoms. The average molecular weight is 1230 g/mol. The third-order valence-corrected chi connectivity index (χ3v) is 17.7. The monoisotopic (exact) mass is 1230 g/mol. The molecule has 0 saturated carbocycles. The summed E-state index contributed by atoms with van der Waals surface area (Å²) in [5.74, 6) is -0.178. The second-order valence-electron chi connectivity index (χ2n) is 26.0. The molecule has 6 N–H and O–H groups in total. The fraction of sp³-hybridized carbons (Fsp3) is 0.868. The minimum absolute atomic E-state index is 0.0130. The third kappa shape index (κ3) is 53.9. The summed E-state index contributed by atoms with van der Waals surface area (Å²) in [4.78, 5) is 25.1. The fourth-order valence-corrected chi connectivity index (χ4v) is 11.8. The smallest absolute Gasteiger partial charge is 0.305 e. The molecule has 1 aliphatic heterocycles. The maximum atomic E-state index is 13.0. The van der Waals surface area contributed by atoms with E-state index in [1.54, 1.807) is 6.08 Å². The van der Waals surface area contributed by atoms with Gasteiger partial charge in [-0.05, 0) is 77.0 Å². The van der Waals surface area contributed by atoms with E-state index in [9.17, 15) is 35.1 Å². The van der Waals surface area contributed by atoms with Crippen LogP contribution in [0.4, 0.5) is 0 Å². The van der Waals surface area contributed by atoms with E-state index in [1.165, 1.54) is 276 Å². The molecule has 0 aromatic heterocycles. The molecule has 0 aromatic rings. The molecule has 1 heterocycles. The Labute approximate surface area is 536 Å². The number of hydrogen-bond acceptors (Lipinski definition) is 10. The van der Waals surface area contributed by atoms with E-state index in [1.807, 2.05) is 6.08 Å². The van der Waals surface area contributed by atoms with E-state index in [4.69, 9.17) is 14.2 Å². The number of unbranched alkanes of at least 4 members (excludes halogenated alkanes) is 46. The lowest BCUT2D eigenvalue weighted by Gasteiger charge is -2.40.